The molecule has 0 atom stereocenters. The molecule has 1 heterocycles. The number of Topliss-reactive ketones (excluding diaryl/α,β-unsaturated/α-hetero) is 1. The first kappa shape index (κ1) is 14.2. The molecule has 0 aliphatic heterocycles. The number of carbonyl (C=O) groups excluding carboxylic acids is 2. The quantitative estimate of drug-likeness (QED) is 0.479. The number of H-pyrrole nitrogens is 1. The fraction of sp³-hybridized carbons (Fsp3) is 0.286. The Morgan fingerprint density at radius 2 is 2.20 bits per heavy atom. The lowest BCUT2D eigenvalue weighted by atomic mass is 10.1. The maximum absolute atomic E-state index is 13.2. The lowest BCUT2D eigenvalue weighted by Crippen LogP contribution is -2.32. The number of amides is 1. The van der Waals surface area contributed by atoms with Gasteiger partial charge in [-0.25, -0.2) is 4.39 Å². The summed E-state index contributed by atoms with van der Waals surface area (Å²) in [5.41, 5.74) is 0.783. The first-order valence-electron chi connectivity index (χ1n) is 6.21. The lowest BCUT2D eigenvalue weighted by molar-refractivity contribution is -0.117. The van der Waals surface area contributed by atoms with Crippen LogP contribution in [0.4, 0.5) is 4.39 Å². The number of aromatic nitrogens is 1. The molecule has 106 valence electrons. The molecular weight excluding hydrogens is 263 g/mol. The SMILES string of the molecule is COCCCNC(=O)C(=O)c1c[nH]c2ccc(F)cc12. The molecule has 0 spiro atoms. The number of nitrogens with one attached hydrogen (secondary N) is 2. The van der Waals surface area contributed by atoms with E-state index in [0.29, 0.717) is 30.5 Å². The van der Waals surface area contributed by atoms with Crippen LogP contribution in [0.15, 0.2) is 24.4 Å². The molecule has 0 aliphatic rings. The molecule has 1 amide bonds. The minimum Gasteiger partial charge on any atom is -0.385 e. The zero-order valence-electron chi connectivity index (χ0n) is 11.0. The summed E-state index contributed by atoms with van der Waals surface area (Å²) in [7, 11) is 1.56. The van der Waals surface area contributed by atoms with Crippen LogP contribution < -0.4 is 5.32 Å². The van der Waals surface area contributed by atoms with Gasteiger partial charge in [-0.15, -0.1) is 0 Å². The van der Waals surface area contributed by atoms with Gasteiger partial charge in [0.2, 0.25) is 0 Å². The van der Waals surface area contributed by atoms with Gasteiger partial charge in [0.25, 0.3) is 11.7 Å². The number of fused-ring (bicyclic) bond motifs is 1. The highest BCUT2D eigenvalue weighted by atomic mass is 19.1. The van der Waals surface area contributed by atoms with Gasteiger partial charge >= 0.3 is 0 Å². The van der Waals surface area contributed by atoms with Gasteiger partial charge in [0.1, 0.15) is 5.82 Å². The Labute approximate surface area is 115 Å². The molecule has 2 rings (SSSR count). The van der Waals surface area contributed by atoms with E-state index >= 15 is 0 Å². The molecule has 0 saturated carbocycles. The van der Waals surface area contributed by atoms with Gasteiger partial charge in [-0.05, 0) is 24.6 Å². The van der Waals surface area contributed by atoms with E-state index in [2.05, 4.69) is 10.3 Å². The van der Waals surface area contributed by atoms with Gasteiger partial charge in [-0.3, -0.25) is 9.59 Å². The number of methoxy groups -OCH3 is 1. The Hall–Kier alpha value is -2.21. The molecule has 0 fully saturated rings. The number of ketones is 1. The van der Waals surface area contributed by atoms with Gasteiger partial charge in [0, 0.05) is 37.4 Å². The highest BCUT2D eigenvalue weighted by molar-refractivity contribution is 6.44. The summed E-state index contributed by atoms with van der Waals surface area (Å²) >= 11 is 0. The summed E-state index contributed by atoms with van der Waals surface area (Å²) < 4.78 is 18.1. The van der Waals surface area contributed by atoms with Crippen molar-refractivity contribution in [2.45, 2.75) is 6.42 Å². The van der Waals surface area contributed by atoms with Crippen molar-refractivity contribution in [3.8, 4) is 0 Å². The average Bonchev–Trinajstić information content (AvgIpc) is 2.85. The second kappa shape index (κ2) is 6.29. The summed E-state index contributed by atoms with van der Waals surface area (Å²) in [6, 6.07) is 4.05. The van der Waals surface area contributed by atoms with Crippen LogP contribution in [-0.2, 0) is 9.53 Å². The number of hydrogen-bond acceptors (Lipinski definition) is 3. The largest absolute Gasteiger partial charge is 0.385 e. The van der Waals surface area contributed by atoms with Crippen molar-refractivity contribution in [2.24, 2.45) is 0 Å². The monoisotopic (exact) mass is 278 g/mol. The third-order valence-corrected chi connectivity index (χ3v) is 2.91. The topological polar surface area (TPSA) is 71.2 Å². The van der Waals surface area contributed by atoms with E-state index in [1.807, 2.05) is 0 Å². The summed E-state index contributed by atoms with van der Waals surface area (Å²) in [5, 5.41) is 2.91. The normalized spacial score (nSPS) is 10.7. The summed E-state index contributed by atoms with van der Waals surface area (Å²) in [6.07, 6.45) is 2.04. The molecule has 2 aromatic rings. The molecule has 20 heavy (non-hydrogen) atoms. The van der Waals surface area contributed by atoms with E-state index in [4.69, 9.17) is 4.74 Å². The van der Waals surface area contributed by atoms with Gasteiger partial charge in [0.05, 0.1) is 5.56 Å². The van der Waals surface area contributed by atoms with Crippen molar-refractivity contribution in [1.82, 2.24) is 10.3 Å². The fourth-order valence-electron chi connectivity index (χ4n) is 1.90. The molecule has 5 nitrogen and oxygen atoms in total. The number of benzene rings is 1. The van der Waals surface area contributed by atoms with E-state index in [0.717, 1.165) is 0 Å². The van der Waals surface area contributed by atoms with Crippen LogP contribution in [0, 0.1) is 5.82 Å². The minimum absolute atomic E-state index is 0.170. The molecule has 0 unspecified atom stereocenters. The standard InChI is InChI=1S/C14H15FN2O3/c1-20-6-2-5-16-14(19)13(18)11-8-17-12-4-3-9(15)7-10(11)12/h3-4,7-8,17H,2,5-6H2,1H3,(H,16,19). The van der Waals surface area contributed by atoms with Gasteiger partial charge in [0.15, 0.2) is 0 Å². The zero-order chi connectivity index (χ0) is 14.5. The molecule has 2 N–H and O–H groups in total. The van der Waals surface area contributed by atoms with Crippen molar-refractivity contribution in [3.63, 3.8) is 0 Å². The Kier molecular flexibility index (Phi) is 4.47. The Morgan fingerprint density at radius 1 is 1.40 bits per heavy atom. The third-order valence-electron chi connectivity index (χ3n) is 2.91. The van der Waals surface area contributed by atoms with Crippen LogP contribution in [0.5, 0.6) is 0 Å². The van der Waals surface area contributed by atoms with Crippen LogP contribution in [-0.4, -0.2) is 36.9 Å². The van der Waals surface area contributed by atoms with E-state index in [9.17, 15) is 14.0 Å². The predicted molar refractivity (Wildman–Crippen MR) is 72.1 cm³/mol. The lowest BCUT2D eigenvalue weighted by Gasteiger charge is -2.03. The number of hydrogen-bond donors (Lipinski definition) is 2. The van der Waals surface area contributed by atoms with E-state index in [1.54, 1.807) is 7.11 Å². The molecule has 0 saturated heterocycles. The second-order valence-electron chi connectivity index (χ2n) is 4.32. The maximum Gasteiger partial charge on any atom is 0.292 e. The first-order chi connectivity index (χ1) is 9.63. The van der Waals surface area contributed by atoms with Crippen LogP contribution in [0.25, 0.3) is 10.9 Å². The van der Waals surface area contributed by atoms with E-state index in [-0.39, 0.29) is 5.56 Å². The summed E-state index contributed by atoms with van der Waals surface area (Å²) in [6.45, 7) is 0.863. The molecule has 0 bridgehead atoms. The first-order valence-corrected chi connectivity index (χ1v) is 6.21. The highest BCUT2D eigenvalue weighted by Gasteiger charge is 2.19. The maximum atomic E-state index is 13.2. The van der Waals surface area contributed by atoms with Crippen LogP contribution in [0.3, 0.4) is 0 Å². The van der Waals surface area contributed by atoms with Crippen molar-refractivity contribution < 1.29 is 18.7 Å². The van der Waals surface area contributed by atoms with Crippen molar-refractivity contribution in [3.05, 3.63) is 35.8 Å². The number of carbonyl (C=O) groups is 2. The molecule has 1 aromatic heterocycles. The summed E-state index contributed by atoms with van der Waals surface area (Å²) in [5.74, 6) is -1.84. The predicted octanol–water partition coefficient (Wildman–Crippen LogP) is 1.64. The fourth-order valence-corrected chi connectivity index (χ4v) is 1.90. The Balaban J connectivity index is 2.11. The van der Waals surface area contributed by atoms with Crippen LogP contribution in [0.2, 0.25) is 0 Å². The second-order valence-corrected chi connectivity index (χ2v) is 4.32. The van der Waals surface area contributed by atoms with Crippen LogP contribution >= 0.6 is 0 Å². The van der Waals surface area contributed by atoms with Gasteiger partial charge in [-0.1, -0.05) is 0 Å². The highest BCUT2D eigenvalue weighted by Crippen LogP contribution is 2.19. The van der Waals surface area contributed by atoms with Crippen molar-refractivity contribution in [1.29, 1.82) is 0 Å². The van der Waals surface area contributed by atoms with Gasteiger partial charge in [-0.2, -0.15) is 0 Å². The van der Waals surface area contributed by atoms with Crippen molar-refractivity contribution >= 4 is 22.6 Å². The third kappa shape index (κ3) is 3.03. The molecule has 0 aliphatic carbocycles. The van der Waals surface area contributed by atoms with Gasteiger partial charge < -0.3 is 15.0 Å². The smallest absolute Gasteiger partial charge is 0.292 e. The Bertz CT molecular complexity index is 636. The molecular formula is C14H15FN2O3. The average molecular weight is 278 g/mol. The number of ether oxygens (including phenoxy) is 1. The minimum atomic E-state index is -0.703. The van der Waals surface area contributed by atoms with Crippen LogP contribution in [0.1, 0.15) is 16.8 Å². The number of rotatable bonds is 6. The number of halogens is 1. The molecule has 1 aromatic carbocycles. The van der Waals surface area contributed by atoms with E-state index in [1.165, 1.54) is 24.4 Å². The van der Waals surface area contributed by atoms with E-state index < -0.39 is 17.5 Å². The molecule has 6 heteroatoms. The molecule has 0 radical (unpaired) electrons. The summed E-state index contributed by atoms with van der Waals surface area (Å²) in [4.78, 5) is 26.6. The Morgan fingerprint density at radius 3 is 2.95 bits per heavy atom. The zero-order valence-corrected chi connectivity index (χ0v) is 11.0. The number of aromatic amines is 1. The van der Waals surface area contributed by atoms with Crippen molar-refractivity contribution in [2.75, 3.05) is 20.3 Å².